The molecular weight excluding hydrogens is 659 g/mol. The SMILES string of the molecule is c1ccc(-c2ccc(N(c3ccccc3)c3ccc(-c4cc(-c5ccccc5)nc(-c5ccccc5)n4)c4c3oc3cc5ccccc5cc34)cc2)cc1. The Morgan fingerprint density at radius 3 is 1.63 bits per heavy atom. The van der Waals surface area contributed by atoms with Crippen LogP contribution in [0.2, 0.25) is 0 Å². The zero-order chi connectivity index (χ0) is 35.8. The first-order chi connectivity index (χ1) is 26.8. The molecule has 0 atom stereocenters. The van der Waals surface area contributed by atoms with E-state index >= 15 is 0 Å². The molecule has 0 aliphatic rings. The van der Waals surface area contributed by atoms with Gasteiger partial charge in [0.25, 0.3) is 0 Å². The molecule has 4 nitrogen and oxygen atoms in total. The van der Waals surface area contributed by atoms with E-state index in [0.29, 0.717) is 5.82 Å². The fourth-order valence-corrected chi connectivity index (χ4v) is 7.44. The summed E-state index contributed by atoms with van der Waals surface area (Å²) in [5.41, 5.74) is 11.6. The van der Waals surface area contributed by atoms with E-state index in [1.807, 2.05) is 42.5 Å². The average Bonchev–Trinajstić information content (AvgIpc) is 3.63. The molecule has 2 aromatic heterocycles. The summed E-state index contributed by atoms with van der Waals surface area (Å²) in [5, 5.41) is 4.32. The lowest BCUT2D eigenvalue weighted by Crippen LogP contribution is -2.10. The van der Waals surface area contributed by atoms with Crippen LogP contribution < -0.4 is 4.90 Å². The highest BCUT2D eigenvalue weighted by atomic mass is 16.3. The molecule has 0 spiro atoms. The number of furan rings is 1. The van der Waals surface area contributed by atoms with Crippen LogP contribution in [0.4, 0.5) is 17.1 Å². The van der Waals surface area contributed by atoms with Crippen molar-refractivity contribution in [1.82, 2.24) is 9.97 Å². The summed E-state index contributed by atoms with van der Waals surface area (Å²) < 4.78 is 7.02. The van der Waals surface area contributed by atoms with E-state index in [-0.39, 0.29) is 0 Å². The van der Waals surface area contributed by atoms with Crippen molar-refractivity contribution in [1.29, 1.82) is 0 Å². The smallest absolute Gasteiger partial charge is 0.160 e. The lowest BCUT2D eigenvalue weighted by Gasteiger charge is -2.26. The summed E-state index contributed by atoms with van der Waals surface area (Å²) >= 11 is 0. The molecule has 0 bridgehead atoms. The van der Waals surface area contributed by atoms with Crippen LogP contribution in [0.5, 0.6) is 0 Å². The van der Waals surface area contributed by atoms with Crippen molar-refractivity contribution in [3.63, 3.8) is 0 Å². The summed E-state index contributed by atoms with van der Waals surface area (Å²) in [6.45, 7) is 0. The van der Waals surface area contributed by atoms with Gasteiger partial charge in [0.15, 0.2) is 11.4 Å². The normalized spacial score (nSPS) is 11.3. The van der Waals surface area contributed by atoms with Gasteiger partial charge in [0.05, 0.1) is 17.1 Å². The molecule has 0 N–H and O–H groups in total. The van der Waals surface area contributed by atoms with Crippen molar-refractivity contribution in [2.24, 2.45) is 0 Å². The van der Waals surface area contributed by atoms with Crippen LogP contribution in [0.25, 0.3) is 77.7 Å². The first kappa shape index (κ1) is 31.4. The number of para-hydroxylation sites is 1. The zero-order valence-electron chi connectivity index (χ0n) is 29.3. The first-order valence-electron chi connectivity index (χ1n) is 18.2. The minimum Gasteiger partial charge on any atom is -0.454 e. The third-order valence-electron chi connectivity index (χ3n) is 10.1. The Kier molecular flexibility index (Phi) is 7.77. The Labute approximate surface area is 313 Å². The van der Waals surface area contributed by atoms with Gasteiger partial charge in [-0.15, -0.1) is 0 Å². The minimum absolute atomic E-state index is 0.673. The van der Waals surface area contributed by atoms with Crippen LogP contribution in [0.3, 0.4) is 0 Å². The van der Waals surface area contributed by atoms with E-state index in [1.54, 1.807) is 0 Å². The maximum atomic E-state index is 7.02. The molecule has 10 aromatic rings. The molecule has 10 rings (SSSR count). The second-order valence-electron chi connectivity index (χ2n) is 13.4. The molecule has 254 valence electrons. The monoisotopic (exact) mass is 691 g/mol. The van der Waals surface area contributed by atoms with Crippen molar-refractivity contribution in [3.8, 4) is 45.0 Å². The summed E-state index contributed by atoms with van der Waals surface area (Å²) in [6, 6.07) is 69.6. The number of hydrogen-bond donors (Lipinski definition) is 0. The fourth-order valence-electron chi connectivity index (χ4n) is 7.44. The fraction of sp³-hybridized carbons (Fsp3) is 0. The Hall–Kier alpha value is -7.30. The summed E-state index contributed by atoms with van der Waals surface area (Å²) in [4.78, 5) is 12.6. The molecule has 0 aliphatic heterocycles. The van der Waals surface area contributed by atoms with Crippen LogP contribution >= 0.6 is 0 Å². The third-order valence-corrected chi connectivity index (χ3v) is 10.1. The van der Waals surface area contributed by atoms with E-state index in [2.05, 4.69) is 163 Å². The van der Waals surface area contributed by atoms with Crippen LogP contribution in [-0.2, 0) is 0 Å². The van der Waals surface area contributed by atoms with Crippen molar-refractivity contribution in [3.05, 3.63) is 200 Å². The van der Waals surface area contributed by atoms with Gasteiger partial charge in [0, 0.05) is 38.8 Å². The molecule has 2 heterocycles. The van der Waals surface area contributed by atoms with Gasteiger partial charge in [0.1, 0.15) is 5.58 Å². The predicted octanol–water partition coefficient (Wildman–Crippen LogP) is 13.7. The number of hydrogen-bond acceptors (Lipinski definition) is 4. The maximum Gasteiger partial charge on any atom is 0.160 e. The van der Waals surface area contributed by atoms with Crippen LogP contribution in [-0.4, -0.2) is 9.97 Å². The van der Waals surface area contributed by atoms with E-state index in [0.717, 1.165) is 83.4 Å². The maximum absolute atomic E-state index is 7.02. The van der Waals surface area contributed by atoms with Gasteiger partial charge in [-0.2, -0.15) is 0 Å². The molecule has 0 fully saturated rings. The number of nitrogens with zero attached hydrogens (tertiary/aromatic N) is 3. The molecule has 0 saturated heterocycles. The second-order valence-corrected chi connectivity index (χ2v) is 13.4. The van der Waals surface area contributed by atoms with E-state index in [1.165, 1.54) is 5.56 Å². The molecule has 4 heteroatoms. The van der Waals surface area contributed by atoms with Crippen LogP contribution in [0.1, 0.15) is 0 Å². The highest BCUT2D eigenvalue weighted by Crippen LogP contribution is 2.47. The van der Waals surface area contributed by atoms with Gasteiger partial charge in [-0.1, -0.05) is 146 Å². The number of benzene rings is 8. The molecule has 0 amide bonds. The van der Waals surface area contributed by atoms with Crippen molar-refractivity contribution in [2.75, 3.05) is 4.90 Å². The van der Waals surface area contributed by atoms with Gasteiger partial charge in [0.2, 0.25) is 0 Å². The largest absolute Gasteiger partial charge is 0.454 e. The van der Waals surface area contributed by atoms with Gasteiger partial charge >= 0.3 is 0 Å². The Bertz CT molecular complexity index is 2850. The van der Waals surface area contributed by atoms with Gasteiger partial charge in [-0.05, 0) is 76.5 Å². The lowest BCUT2D eigenvalue weighted by molar-refractivity contribution is 0.669. The number of rotatable bonds is 7. The molecule has 0 aliphatic carbocycles. The molecule has 54 heavy (non-hydrogen) atoms. The molecule has 0 unspecified atom stereocenters. The minimum atomic E-state index is 0.673. The molecule has 0 saturated carbocycles. The first-order valence-corrected chi connectivity index (χ1v) is 18.2. The molecular formula is C50H33N3O. The van der Waals surface area contributed by atoms with Crippen LogP contribution in [0, 0.1) is 0 Å². The number of anilines is 3. The van der Waals surface area contributed by atoms with Crippen LogP contribution in [0.15, 0.2) is 205 Å². The highest BCUT2D eigenvalue weighted by Gasteiger charge is 2.24. The molecule has 0 radical (unpaired) electrons. The van der Waals surface area contributed by atoms with E-state index < -0.39 is 0 Å². The van der Waals surface area contributed by atoms with Crippen molar-refractivity contribution < 1.29 is 4.42 Å². The van der Waals surface area contributed by atoms with E-state index in [4.69, 9.17) is 14.4 Å². The van der Waals surface area contributed by atoms with Gasteiger partial charge in [-0.3, -0.25) is 0 Å². The molecule has 8 aromatic carbocycles. The Morgan fingerprint density at radius 2 is 0.944 bits per heavy atom. The van der Waals surface area contributed by atoms with Crippen molar-refractivity contribution in [2.45, 2.75) is 0 Å². The standard InChI is InChI=1S/C50H33N3O/c1-5-15-34(16-6-1)35-25-27-41(28-26-35)53(40-23-11-4-12-24-40)46-30-29-42(48-43-31-38-21-13-14-22-39(38)32-47(43)54-49(46)48)45-33-44(36-17-7-2-8-18-36)51-50(52-45)37-19-9-3-10-20-37/h1-33H. The Morgan fingerprint density at radius 1 is 0.407 bits per heavy atom. The van der Waals surface area contributed by atoms with Gasteiger partial charge in [-0.25, -0.2) is 9.97 Å². The summed E-state index contributed by atoms with van der Waals surface area (Å²) in [7, 11) is 0. The van der Waals surface area contributed by atoms with E-state index in [9.17, 15) is 0 Å². The zero-order valence-corrected chi connectivity index (χ0v) is 29.3. The average molecular weight is 692 g/mol. The highest BCUT2D eigenvalue weighted by molar-refractivity contribution is 6.19. The summed E-state index contributed by atoms with van der Waals surface area (Å²) in [5.74, 6) is 0.673. The quantitative estimate of drug-likeness (QED) is 0.167. The number of fused-ring (bicyclic) bond motifs is 4. The van der Waals surface area contributed by atoms with Crippen molar-refractivity contribution >= 4 is 49.8 Å². The predicted molar refractivity (Wildman–Crippen MR) is 223 cm³/mol. The lowest BCUT2D eigenvalue weighted by atomic mass is 9.98. The second kappa shape index (κ2) is 13.4. The summed E-state index contributed by atoms with van der Waals surface area (Å²) in [6.07, 6.45) is 0. The Balaban J connectivity index is 1.24. The number of aromatic nitrogens is 2. The van der Waals surface area contributed by atoms with Gasteiger partial charge < -0.3 is 9.32 Å². The topological polar surface area (TPSA) is 42.2 Å². The third kappa shape index (κ3) is 5.67.